The van der Waals surface area contributed by atoms with Gasteiger partial charge in [-0.05, 0) is 147 Å². The largest absolute Gasteiger partial charge is 0.493 e. The molecule has 4 aromatic carbocycles. The molecule has 2 unspecified atom stereocenters. The quantitative estimate of drug-likeness (QED) is 0.0398. The molecule has 17 heteroatoms. The minimum atomic E-state index is -1.13. The molecule has 0 saturated carbocycles. The fourth-order valence-corrected chi connectivity index (χ4v) is 10.9. The Bertz CT molecular complexity index is 3020. The first-order chi connectivity index (χ1) is 34.3. The van der Waals surface area contributed by atoms with Gasteiger partial charge in [-0.25, -0.2) is 14.8 Å². The first kappa shape index (κ1) is 48.5. The van der Waals surface area contributed by atoms with Crippen molar-refractivity contribution < 1.29 is 33.8 Å². The predicted molar refractivity (Wildman–Crippen MR) is 276 cm³/mol. The van der Waals surface area contributed by atoms with E-state index < -0.39 is 17.8 Å². The van der Waals surface area contributed by atoms with Gasteiger partial charge >= 0.3 is 5.97 Å². The van der Waals surface area contributed by atoms with Crippen molar-refractivity contribution in [3.8, 4) is 16.9 Å². The number of imide groups is 1. The Kier molecular flexibility index (Phi) is 14.5. The lowest BCUT2D eigenvalue weighted by atomic mass is 9.88. The van der Waals surface area contributed by atoms with Gasteiger partial charge < -0.3 is 30.8 Å². The Balaban J connectivity index is 0.750. The van der Waals surface area contributed by atoms with Crippen molar-refractivity contribution in [2.45, 2.75) is 58.9 Å². The van der Waals surface area contributed by atoms with Crippen molar-refractivity contribution in [2.24, 2.45) is 17.8 Å². The molecule has 2 atom stereocenters. The zero-order valence-electron chi connectivity index (χ0n) is 40.0. The summed E-state index contributed by atoms with van der Waals surface area (Å²) in [5, 5.41) is 31.0. The number of benzene rings is 4. The molecule has 0 bridgehead atoms. The highest BCUT2D eigenvalue weighted by Crippen LogP contribution is 2.34. The summed E-state index contributed by atoms with van der Waals surface area (Å²) in [6.07, 6.45) is 4.09. The third kappa shape index (κ3) is 11.1. The number of carboxylic acids is 1. The molecule has 3 aliphatic heterocycles. The van der Waals surface area contributed by atoms with E-state index in [2.05, 4.69) is 38.1 Å². The van der Waals surface area contributed by atoms with Crippen LogP contribution >= 0.6 is 11.3 Å². The first-order valence-electron chi connectivity index (χ1n) is 24.1. The van der Waals surface area contributed by atoms with E-state index in [1.165, 1.54) is 11.3 Å². The average molecular weight is 976 g/mol. The smallest absolute Gasteiger partial charge is 0.355 e. The van der Waals surface area contributed by atoms with E-state index in [1.807, 2.05) is 84.6 Å². The second-order valence-corrected chi connectivity index (χ2v) is 19.8. The van der Waals surface area contributed by atoms with Gasteiger partial charge in [0.25, 0.3) is 5.91 Å². The van der Waals surface area contributed by atoms with Crippen molar-refractivity contribution in [3.05, 3.63) is 125 Å². The number of para-hydroxylation sites is 1. The third-order valence-electron chi connectivity index (χ3n) is 13.7. The third-order valence-corrected chi connectivity index (χ3v) is 14.7. The number of ether oxygens (including phenoxy) is 1. The molecule has 0 spiro atoms. The van der Waals surface area contributed by atoms with Gasteiger partial charge in [-0.15, -0.1) is 0 Å². The summed E-state index contributed by atoms with van der Waals surface area (Å²) in [4.78, 5) is 76.9. The average Bonchev–Trinajstić information content (AvgIpc) is 3.78. The van der Waals surface area contributed by atoms with Gasteiger partial charge in [-0.2, -0.15) is 0 Å². The Morgan fingerprint density at radius 3 is 2.46 bits per heavy atom. The lowest BCUT2D eigenvalue weighted by Gasteiger charge is -2.32. The van der Waals surface area contributed by atoms with Gasteiger partial charge in [0.2, 0.25) is 17.7 Å². The maximum Gasteiger partial charge on any atom is 0.355 e. The van der Waals surface area contributed by atoms with Crippen LogP contribution in [0.4, 0.5) is 22.3 Å². The molecule has 2 saturated heterocycles. The van der Waals surface area contributed by atoms with E-state index in [4.69, 9.17) is 15.1 Å². The van der Waals surface area contributed by atoms with Gasteiger partial charge in [0.15, 0.2) is 10.8 Å². The first-order valence-corrected chi connectivity index (χ1v) is 24.9. The number of aryl methyl sites for hydroxylation is 1. The van der Waals surface area contributed by atoms with Crippen LogP contribution in [0.2, 0.25) is 0 Å². The zero-order chi connectivity index (χ0) is 49.8. The predicted octanol–water partition coefficient (Wildman–Crippen LogP) is 8.40. The summed E-state index contributed by atoms with van der Waals surface area (Å²) in [6, 6.07) is 28.1. The maximum atomic E-state index is 13.6. The monoisotopic (exact) mass is 975 g/mol. The Labute approximate surface area is 415 Å². The molecule has 16 nitrogen and oxygen atoms in total. The Morgan fingerprint density at radius 1 is 0.901 bits per heavy atom. The van der Waals surface area contributed by atoms with Crippen LogP contribution in [0.5, 0.6) is 5.75 Å². The highest BCUT2D eigenvalue weighted by molar-refractivity contribution is 7.22. The summed E-state index contributed by atoms with van der Waals surface area (Å²) in [7, 11) is 1.72. The lowest BCUT2D eigenvalue weighted by molar-refractivity contribution is -0.134. The van der Waals surface area contributed by atoms with Crippen molar-refractivity contribution in [1.82, 2.24) is 20.2 Å². The zero-order valence-corrected chi connectivity index (χ0v) is 40.8. The minimum absolute atomic E-state index is 0.0479. The molecular formula is C54H57N9O7S. The van der Waals surface area contributed by atoms with Crippen LogP contribution in [0.1, 0.15) is 82.1 Å². The van der Waals surface area contributed by atoms with Crippen LogP contribution in [0.15, 0.2) is 91.0 Å². The molecule has 71 heavy (non-hydrogen) atoms. The second-order valence-electron chi connectivity index (χ2n) is 18.8. The van der Waals surface area contributed by atoms with Crippen LogP contribution < -0.4 is 30.9 Å². The molecule has 5 heterocycles. The number of rotatable bonds is 16. The normalized spacial score (nSPS) is 16.7. The van der Waals surface area contributed by atoms with Crippen LogP contribution in [0, 0.1) is 30.1 Å². The van der Waals surface area contributed by atoms with Crippen molar-refractivity contribution in [1.29, 1.82) is 5.41 Å². The van der Waals surface area contributed by atoms with Crippen molar-refractivity contribution in [2.75, 3.05) is 60.7 Å². The number of carboxylic acid groups (broad SMARTS) is 1. The number of piperidine rings is 2. The molecule has 2 aromatic heterocycles. The van der Waals surface area contributed by atoms with E-state index in [-0.39, 0.29) is 54.4 Å². The summed E-state index contributed by atoms with van der Waals surface area (Å²) in [5.74, 6) is -0.969. The number of carbonyl (C=O) groups is 5. The van der Waals surface area contributed by atoms with Crippen LogP contribution in [0.3, 0.4) is 0 Å². The second kappa shape index (κ2) is 21.2. The van der Waals surface area contributed by atoms with Gasteiger partial charge in [0.05, 0.1) is 35.0 Å². The van der Waals surface area contributed by atoms with Crippen molar-refractivity contribution >= 4 is 79.2 Å². The summed E-state index contributed by atoms with van der Waals surface area (Å²) < 4.78 is 7.28. The number of amides is 4. The number of aromatic carboxylic acids is 1. The van der Waals surface area contributed by atoms with Gasteiger partial charge in [0, 0.05) is 54.6 Å². The molecule has 9 rings (SSSR count). The minimum Gasteiger partial charge on any atom is -0.493 e. The number of pyridine rings is 1. The van der Waals surface area contributed by atoms with E-state index in [9.17, 15) is 29.1 Å². The standard InChI is InChI=1S/C54H57N9O7S/c1-31(25-33-19-22-62(23-20-33)29-48(65)57-35-11-13-40(44(27-35)56-3)49(55)41-16-18-47(64)60-52(41)67)30-70-36-12-14-37(32(2)26-36)38-15-17-46(59-50(38)53(68)69)63-24-21-34-7-6-8-39(42(34)28-63)51(66)61-54-58-43-9-4-5-10-45(43)71-54/h4-15,17,26-27,31,33,41,55-56H,16,18-25,28-30H2,1-3H3,(H,57,65)(H,68,69)(H,58,61,66)(H,60,64,67). The Hall–Kier alpha value is -7.50. The molecule has 6 N–H and O–H groups in total. The Morgan fingerprint density at radius 2 is 1.70 bits per heavy atom. The number of hydrogen-bond acceptors (Lipinski definition) is 13. The van der Waals surface area contributed by atoms with Crippen LogP contribution in [-0.4, -0.2) is 95.1 Å². The molecule has 0 aliphatic carbocycles. The van der Waals surface area contributed by atoms with Gasteiger partial charge in [-0.3, -0.25) is 34.7 Å². The van der Waals surface area contributed by atoms with Gasteiger partial charge in [0.1, 0.15) is 11.6 Å². The maximum absolute atomic E-state index is 13.6. The molecule has 0 radical (unpaired) electrons. The number of aromatic nitrogens is 2. The van der Waals surface area contributed by atoms with E-state index in [0.29, 0.717) is 76.8 Å². The molecule has 2 fully saturated rings. The van der Waals surface area contributed by atoms with E-state index in [1.54, 1.807) is 25.2 Å². The summed E-state index contributed by atoms with van der Waals surface area (Å²) >= 11 is 1.42. The molecule has 3 aliphatic rings. The topological polar surface area (TPSA) is 219 Å². The summed E-state index contributed by atoms with van der Waals surface area (Å²) in [6.45, 7) is 7.55. The highest BCUT2D eigenvalue weighted by atomic mass is 32.1. The molecule has 6 aromatic rings. The molecular weight excluding hydrogens is 919 g/mol. The van der Waals surface area contributed by atoms with Gasteiger partial charge in [-0.1, -0.05) is 48.6 Å². The van der Waals surface area contributed by atoms with Crippen molar-refractivity contribution in [3.63, 3.8) is 0 Å². The molecule has 4 amide bonds. The number of nitrogens with zero attached hydrogens (tertiary/aromatic N) is 4. The van der Waals surface area contributed by atoms with E-state index in [0.717, 1.165) is 64.8 Å². The number of carbonyl (C=O) groups excluding carboxylic acids is 4. The van der Waals surface area contributed by atoms with Crippen LogP contribution in [0.25, 0.3) is 21.3 Å². The van der Waals surface area contributed by atoms with E-state index >= 15 is 0 Å². The number of fused-ring (bicyclic) bond motifs is 2. The summed E-state index contributed by atoms with van der Waals surface area (Å²) in [5.41, 5.74) is 7.29. The number of anilines is 4. The highest BCUT2D eigenvalue weighted by Gasteiger charge is 2.32. The number of thiazole rings is 1. The lowest BCUT2D eigenvalue weighted by Crippen LogP contribution is -2.44. The fourth-order valence-electron chi connectivity index (χ4n) is 9.99. The number of hydrogen-bond donors (Lipinski definition) is 6. The van der Waals surface area contributed by atoms with Crippen LogP contribution in [-0.2, 0) is 27.3 Å². The number of likely N-dealkylation sites (tertiary alicyclic amines) is 1. The fraction of sp³-hybridized carbons (Fsp3) is 0.333. The number of nitrogens with one attached hydrogen (secondary N) is 5. The SMILES string of the molecule is CNc1cc(NC(=O)CN2CCC(CC(C)COc3ccc(-c4ccc(N5CCc6cccc(C(=O)Nc7nc8ccccc8s7)c6C5)nc4C(=O)O)c(C)c3)CC2)ccc1C(=N)C1CCC(=O)NC1=O. The molecule has 366 valence electrons.